The number of rotatable bonds is 6. The molecule has 21 heavy (non-hydrogen) atoms. The summed E-state index contributed by atoms with van der Waals surface area (Å²) in [5.41, 5.74) is -1.24. The quantitative estimate of drug-likeness (QED) is 0.838. The largest absolute Gasteiger partial charge is 0.480 e. The molecule has 1 heterocycles. The van der Waals surface area contributed by atoms with Crippen LogP contribution in [0.5, 0.6) is 0 Å². The van der Waals surface area contributed by atoms with Crippen molar-refractivity contribution in [3.05, 3.63) is 29.6 Å². The Bertz CT molecular complexity index is 505. The maximum atomic E-state index is 12.4. The first-order valence-corrected chi connectivity index (χ1v) is 7.21. The number of nitrogens with zero attached hydrogens (tertiary/aromatic N) is 1. The van der Waals surface area contributed by atoms with E-state index in [4.69, 9.17) is 5.11 Å². The van der Waals surface area contributed by atoms with E-state index in [-0.39, 0.29) is 12.1 Å². The third-order valence-electron chi connectivity index (χ3n) is 2.54. The Morgan fingerprint density at radius 1 is 1.43 bits per heavy atom. The number of hydrogen-bond donors (Lipinski definition) is 2. The molecule has 1 atom stereocenters. The molecule has 1 aromatic heterocycles. The predicted octanol–water partition coefficient (Wildman–Crippen LogP) is 2.04. The van der Waals surface area contributed by atoms with Crippen molar-refractivity contribution in [3.63, 3.8) is 0 Å². The lowest BCUT2D eigenvalue weighted by atomic mass is 10.2. The van der Waals surface area contributed by atoms with Crippen molar-refractivity contribution in [2.75, 3.05) is 12.0 Å². The number of amides is 1. The van der Waals surface area contributed by atoms with Gasteiger partial charge in [-0.2, -0.15) is 24.9 Å². The molecule has 116 valence electrons. The Morgan fingerprint density at radius 3 is 2.52 bits per heavy atom. The molecule has 1 unspecified atom stereocenters. The number of carbonyl (C=O) groups excluding carboxylic acids is 1. The van der Waals surface area contributed by atoms with E-state index in [0.29, 0.717) is 11.9 Å². The first-order valence-electron chi connectivity index (χ1n) is 5.81. The molecule has 0 aliphatic heterocycles. The number of alkyl halides is 3. The van der Waals surface area contributed by atoms with E-state index in [1.165, 1.54) is 11.8 Å². The first kappa shape index (κ1) is 17.3. The van der Waals surface area contributed by atoms with Crippen LogP contribution in [-0.2, 0) is 11.0 Å². The van der Waals surface area contributed by atoms with Crippen LogP contribution in [-0.4, -0.2) is 40.0 Å². The molecular formula is C12H13F3N2O3S. The first-order chi connectivity index (χ1) is 9.75. The second-order valence-corrected chi connectivity index (χ2v) is 5.06. The highest BCUT2D eigenvalue weighted by atomic mass is 32.2. The van der Waals surface area contributed by atoms with E-state index >= 15 is 0 Å². The lowest BCUT2D eigenvalue weighted by Gasteiger charge is -2.13. The van der Waals surface area contributed by atoms with Gasteiger partial charge in [0, 0.05) is 6.20 Å². The summed E-state index contributed by atoms with van der Waals surface area (Å²) in [6.45, 7) is 0. The molecule has 1 amide bonds. The van der Waals surface area contributed by atoms with Crippen LogP contribution in [0.25, 0.3) is 0 Å². The molecule has 1 rings (SSSR count). The number of nitrogens with one attached hydrogen (secondary N) is 1. The Labute approximate surface area is 122 Å². The number of carboxylic acid groups (broad SMARTS) is 1. The molecule has 0 saturated carbocycles. The van der Waals surface area contributed by atoms with Gasteiger partial charge >= 0.3 is 12.1 Å². The van der Waals surface area contributed by atoms with Crippen LogP contribution in [0.2, 0.25) is 0 Å². The van der Waals surface area contributed by atoms with Crippen LogP contribution in [0.1, 0.15) is 22.5 Å². The topological polar surface area (TPSA) is 79.3 Å². The van der Waals surface area contributed by atoms with E-state index in [9.17, 15) is 22.8 Å². The summed E-state index contributed by atoms with van der Waals surface area (Å²) in [5, 5.41) is 11.2. The van der Waals surface area contributed by atoms with E-state index in [1.807, 2.05) is 0 Å². The highest BCUT2D eigenvalue weighted by molar-refractivity contribution is 7.98. The molecule has 9 heteroatoms. The summed E-state index contributed by atoms with van der Waals surface area (Å²) in [6, 6.07) is 0.527. The molecule has 0 fully saturated rings. The van der Waals surface area contributed by atoms with Crippen molar-refractivity contribution in [1.29, 1.82) is 0 Å². The summed E-state index contributed by atoms with van der Waals surface area (Å²) in [5.74, 6) is -1.50. The van der Waals surface area contributed by atoms with Gasteiger partial charge in [0.1, 0.15) is 11.7 Å². The van der Waals surface area contributed by atoms with Crippen molar-refractivity contribution in [2.45, 2.75) is 18.6 Å². The number of thioether (sulfide) groups is 1. The second-order valence-electron chi connectivity index (χ2n) is 4.08. The minimum absolute atomic E-state index is 0.211. The summed E-state index contributed by atoms with van der Waals surface area (Å²) in [4.78, 5) is 26.1. The summed E-state index contributed by atoms with van der Waals surface area (Å²) >= 11 is 1.42. The van der Waals surface area contributed by atoms with Crippen LogP contribution in [0.15, 0.2) is 18.3 Å². The number of carboxylic acids is 1. The number of pyridine rings is 1. The molecule has 0 radical (unpaired) electrons. The zero-order valence-corrected chi connectivity index (χ0v) is 11.8. The average molecular weight is 322 g/mol. The summed E-state index contributed by atoms with van der Waals surface area (Å²) in [6.07, 6.45) is -2.00. The molecular weight excluding hydrogens is 309 g/mol. The van der Waals surface area contributed by atoms with E-state index in [0.717, 1.165) is 12.1 Å². The fraction of sp³-hybridized carbons (Fsp3) is 0.417. The van der Waals surface area contributed by atoms with Crippen molar-refractivity contribution >= 4 is 23.6 Å². The van der Waals surface area contributed by atoms with Gasteiger partial charge in [0.05, 0.1) is 5.56 Å². The van der Waals surface area contributed by atoms with Crippen LogP contribution < -0.4 is 5.32 Å². The molecule has 1 aromatic rings. The van der Waals surface area contributed by atoms with Gasteiger partial charge in [-0.3, -0.25) is 9.78 Å². The SMILES string of the molecule is CSCCC(NC(=O)c1ccc(C(F)(F)F)cn1)C(=O)O. The molecule has 2 N–H and O–H groups in total. The third-order valence-corrected chi connectivity index (χ3v) is 3.18. The minimum Gasteiger partial charge on any atom is -0.480 e. The van der Waals surface area contributed by atoms with E-state index in [1.54, 1.807) is 6.26 Å². The van der Waals surface area contributed by atoms with Gasteiger partial charge in [-0.25, -0.2) is 4.79 Å². The average Bonchev–Trinajstić information content (AvgIpc) is 2.42. The monoisotopic (exact) mass is 322 g/mol. The zero-order chi connectivity index (χ0) is 16.0. The van der Waals surface area contributed by atoms with Crippen molar-refractivity contribution < 1.29 is 27.9 Å². The van der Waals surface area contributed by atoms with Crippen molar-refractivity contribution in [3.8, 4) is 0 Å². The summed E-state index contributed by atoms with van der Waals surface area (Å²) < 4.78 is 37.1. The number of aliphatic carboxylic acids is 1. The van der Waals surface area contributed by atoms with Gasteiger partial charge in [0.25, 0.3) is 5.91 Å². The summed E-state index contributed by atoms with van der Waals surface area (Å²) in [7, 11) is 0. The Balaban J connectivity index is 2.76. The number of hydrogen-bond acceptors (Lipinski definition) is 4. The lowest BCUT2D eigenvalue weighted by molar-refractivity contribution is -0.139. The highest BCUT2D eigenvalue weighted by Gasteiger charge is 2.31. The molecule has 0 spiro atoms. The van der Waals surface area contributed by atoms with Crippen LogP contribution >= 0.6 is 11.8 Å². The Morgan fingerprint density at radius 2 is 2.10 bits per heavy atom. The fourth-order valence-electron chi connectivity index (χ4n) is 1.42. The van der Waals surface area contributed by atoms with Gasteiger partial charge in [-0.15, -0.1) is 0 Å². The molecule has 0 saturated heterocycles. The maximum absolute atomic E-state index is 12.4. The normalized spacial score (nSPS) is 12.8. The molecule has 0 aromatic carbocycles. The molecule has 0 aliphatic carbocycles. The lowest BCUT2D eigenvalue weighted by Crippen LogP contribution is -2.41. The molecule has 0 aliphatic rings. The number of aromatic nitrogens is 1. The van der Waals surface area contributed by atoms with Gasteiger partial charge in [-0.05, 0) is 30.6 Å². The highest BCUT2D eigenvalue weighted by Crippen LogP contribution is 2.28. The number of halogens is 3. The smallest absolute Gasteiger partial charge is 0.417 e. The van der Waals surface area contributed by atoms with E-state index in [2.05, 4.69) is 10.3 Å². The van der Waals surface area contributed by atoms with Gasteiger partial charge in [0.2, 0.25) is 0 Å². The van der Waals surface area contributed by atoms with E-state index < -0.39 is 29.7 Å². The zero-order valence-electron chi connectivity index (χ0n) is 11.0. The maximum Gasteiger partial charge on any atom is 0.417 e. The van der Waals surface area contributed by atoms with Crippen molar-refractivity contribution in [2.24, 2.45) is 0 Å². The van der Waals surface area contributed by atoms with Crippen LogP contribution in [0.3, 0.4) is 0 Å². The standard InChI is InChI=1S/C12H13F3N2O3S/c1-21-5-4-9(11(19)20)17-10(18)8-3-2-7(6-16-8)12(13,14)15/h2-3,6,9H,4-5H2,1H3,(H,17,18)(H,19,20). The predicted molar refractivity (Wildman–Crippen MR) is 71.1 cm³/mol. The minimum atomic E-state index is -4.54. The van der Waals surface area contributed by atoms with Gasteiger partial charge in [-0.1, -0.05) is 0 Å². The fourth-order valence-corrected chi connectivity index (χ4v) is 1.89. The Hall–Kier alpha value is -1.77. The second kappa shape index (κ2) is 7.30. The van der Waals surface area contributed by atoms with Crippen molar-refractivity contribution in [1.82, 2.24) is 10.3 Å². The molecule has 0 bridgehead atoms. The van der Waals surface area contributed by atoms with Crippen LogP contribution in [0.4, 0.5) is 13.2 Å². The van der Waals surface area contributed by atoms with Crippen LogP contribution in [0, 0.1) is 0 Å². The van der Waals surface area contributed by atoms with Gasteiger partial charge < -0.3 is 10.4 Å². The van der Waals surface area contributed by atoms with Gasteiger partial charge in [0.15, 0.2) is 0 Å². The third kappa shape index (κ3) is 5.25. The molecule has 5 nitrogen and oxygen atoms in total. The number of carbonyl (C=O) groups is 2. The Kier molecular flexibility index (Phi) is 6.01.